The molecule has 0 spiro atoms. The van der Waals surface area contributed by atoms with E-state index in [1.165, 1.54) is 0 Å². The first kappa shape index (κ1) is 15.5. The van der Waals surface area contributed by atoms with Crippen LogP contribution in [0.4, 0.5) is 0 Å². The molecule has 1 amide bonds. The number of nitrogens with one attached hydrogen (secondary N) is 1. The number of ether oxygens (including phenoxy) is 1. The van der Waals surface area contributed by atoms with Crippen molar-refractivity contribution in [2.75, 3.05) is 13.1 Å². The fraction of sp³-hybridized carbons (Fsp3) is 0.400. The van der Waals surface area contributed by atoms with Crippen molar-refractivity contribution in [3.05, 3.63) is 48.0 Å². The van der Waals surface area contributed by atoms with Gasteiger partial charge >= 0.3 is 0 Å². The lowest BCUT2D eigenvalue weighted by Crippen LogP contribution is -2.41. The first-order chi connectivity index (χ1) is 12.8. The van der Waals surface area contributed by atoms with Crippen LogP contribution in [0.3, 0.4) is 0 Å². The van der Waals surface area contributed by atoms with Gasteiger partial charge in [0.15, 0.2) is 5.69 Å². The molecule has 2 aliphatic rings. The Balaban J connectivity index is 1.21. The lowest BCUT2D eigenvalue weighted by atomic mass is 10.1. The minimum absolute atomic E-state index is 0.0353. The highest BCUT2D eigenvalue weighted by Crippen LogP contribution is 2.40. The average molecular weight is 351 g/mol. The number of fused-ring (bicyclic) bond motifs is 1. The van der Waals surface area contributed by atoms with Crippen molar-refractivity contribution in [1.29, 1.82) is 0 Å². The minimum atomic E-state index is -0.0353. The van der Waals surface area contributed by atoms with Crippen LogP contribution in [0.25, 0.3) is 10.9 Å². The van der Waals surface area contributed by atoms with Crippen molar-refractivity contribution < 1.29 is 14.1 Å². The molecule has 0 atom stereocenters. The predicted molar refractivity (Wildman–Crippen MR) is 96.3 cm³/mol. The number of aromatic nitrogens is 2. The Labute approximate surface area is 151 Å². The monoisotopic (exact) mass is 351 g/mol. The van der Waals surface area contributed by atoms with Crippen LogP contribution < -0.4 is 4.74 Å². The number of likely N-dealkylation sites (tertiary alicyclic amines) is 1. The molecule has 26 heavy (non-hydrogen) atoms. The van der Waals surface area contributed by atoms with Crippen LogP contribution in [0.2, 0.25) is 0 Å². The molecule has 1 N–H and O–H groups in total. The predicted octanol–water partition coefficient (Wildman–Crippen LogP) is 3.72. The van der Waals surface area contributed by atoms with Gasteiger partial charge < -0.3 is 19.1 Å². The zero-order valence-corrected chi connectivity index (χ0v) is 14.5. The molecule has 1 saturated heterocycles. The molecule has 1 saturated carbocycles. The number of carbonyl (C=O) groups is 1. The standard InChI is InChI=1S/C20H21N3O3/c24-20(17-12-19(26-22-17)13-4-5-13)23-10-7-14(8-11-23)25-18-3-1-2-16-15(18)6-9-21-16/h1-3,6,9,12-14,21H,4-5,7-8,10-11H2. The third kappa shape index (κ3) is 2.85. The van der Waals surface area contributed by atoms with Gasteiger partial charge in [0.05, 0.1) is 0 Å². The van der Waals surface area contributed by atoms with Crippen LogP contribution in [0.1, 0.15) is 47.8 Å². The summed E-state index contributed by atoms with van der Waals surface area (Å²) in [6.45, 7) is 1.36. The van der Waals surface area contributed by atoms with Gasteiger partial charge in [0.2, 0.25) is 0 Å². The molecular formula is C20H21N3O3. The van der Waals surface area contributed by atoms with Crippen molar-refractivity contribution in [3.8, 4) is 5.75 Å². The Bertz CT molecular complexity index is 933. The molecule has 1 aliphatic carbocycles. The highest BCUT2D eigenvalue weighted by molar-refractivity contribution is 5.92. The van der Waals surface area contributed by atoms with Crippen LogP contribution in [0.15, 0.2) is 41.1 Å². The maximum absolute atomic E-state index is 12.6. The van der Waals surface area contributed by atoms with E-state index in [2.05, 4.69) is 10.1 Å². The number of piperidine rings is 1. The van der Waals surface area contributed by atoms with Crippen LogP contribution in [-0.4, -0.2) is 40.1 Å². The van der Waals surface area contributed by atoms with Crippen LogP contribution >= 0.6 is 0 Å². The second-order valence-corrected chi connectivity index (χ2v) is 7.19. The van der Waals surface area contributed by atoms with E-state index in [4.69, 9.17) is 9.26 Å². The zero-order chi connectivity index (χ0) is 17.5. The van der Waals surface area contributed by atoms with Gasteiger partial charge in [0.25, 0.3) is 5.91 Å². The van der Waals surface area contributed by atoms with Crippen LogP contribution in [0, 0.1) is 0 Å². The fourth-order valence-corrected chi connectivity index (χ4v) is 3.63. The Morgan fingerprint density at radius 1 is 1.19 bits per heavy atom. The third-order valence-electron chi connectivity index (χ3n) is 5.31. The molecule has 2 aromatic heterocycles. The number of hydrogen-bond donors (Lipinski definition) is 1. The second kappa shape index (κ2) is 6.20. The number of carbonyl (C=O) groups excluding carboxylic acids is 1. The largest absolute Gasteiger partial charge is 0.490 e. The Morgan fingerprint density at radius 3 is 2.85 bits per heavy atom. The van der Waals surface area contributed by atoms with Gasteiger partial charge in [-0.15, -0.1) is 0 Å². The number of hydrogen-bond acceptors (Lipinski definition) is 4. The van der Waals surface area contributed by atoms with E-state index in [1.54, 1.807) is 0 Å². The quantitative estimate of drug-likeness (QED) is 0.778. The first-order valence-electron chi connectivity index (χ1n) is 9.26. The molecule has 2 fully saturated rings. The normalized spacial score (nSPS) is 18.4. The number of amides is 1. The fourth-order valence-electron chi connectivity index (χ4n) is 3.63. The third-order valence-corrected chi connectivity index (χ3v) is 5.31. The molecule has 0 bridgehead atoms. The van der Waals surface area contributed by atoms with Gasteiger partial charge in [0, 0.05) is 55.0 Å². The number of nitrogens with zero attached hydrogens (tertiary/aromatic N) is 2. The summed E-state index contributed by atoms with van der Waals surface area (Å²) in [6.07, 6.45) is 5.96. The molecule has 0 radical (unpaired) electrons. The molecule has 3 aromatic rings. The van der Waals surface area contributed by atoms with E-state index in [0.29, 0.717) is 24.7 Å². The number of H-pyrrole nitrogens is 1. The average Bonchev–Trinajstić information content (AvgIpc) is 3.20. The SMILES string of the molecule is O=C(c1cc(C2CC2)on1)N1CCC(Oc2cccc3[nH]ccc23)CC1. The van der Waals surface area contributed by atoms with Gasteiger partial charge in [-0.2, -0.15) is 0 Å². The van der Waals surface area contributed by atoms with E-state index < -0.39 is 0 Å². The molecule has 3 heterocycles. The van der Waals surface area contributed by atoms with Gasteiger partial charge in [0.1, 0.15) is 17.6 Å². The molecular weight excluding hydrogens is 330 g/mol. The van der Waals surface area contributed by atoms with Crippen molar-refractivity contribution in [3.63, 3.8) is 0 Å². The molecule has 1 aromatic carbocycles. The maximum Gasteiger partial charge on any atom is 0.276 e. The van der Waals surface area contributed by atoms with E-state index in [-0.39, 0.29) is 12.0 Å². The first-order valence-corrected chi connectivity index (χ1v) is 9.26. The van der Waals surface area contributed by atoms with Crippen LogP contribution in [-0.2, 0) is 0 Å². The molecule has 6 heteroatoms. The summed E-state index contributed by atoms with van der Waals surface area (Å²) in [5, 5.41) is 5.06. The second-order valence-electron chi connectivity index (χ2n) is 7.19. The lowest BCUT2D eigenvalue weighted by molar-refractivity contribution is 0.0588. The molecule has 1 aliphatic heterocycles. The molecule has 5 rings (SSSR count). The zero-order valence-electron chi connectivity index (χ0n) is 14.5. The molecule has 134 valence electrons. The van der Waals surface area contributed by atoms with E-state index in [9.17, 15) is 4.79 Å². The minimum Gasteiger partial charge on any atom is -0.490 e. The van der Waals surface area contributed by atoms with E-state index >= 15 is 0 Å². The molecule has 0 unspecified atom stereocenters. The van der Waals surface area contributed by atoms with E-state index in [0.717, 1.165) is 48.1 Å². The summed E-state index contributed by atoms with van der Waals surface area (Å²) < 4.78 is 11.5. The summed E-state index contributed by atoms with van der Waals surface area (Å²) >= 11 is 0. The van der Waals surface area contributed by atoms with Crippen molar-refractivity contribution in [2.45, 2.75) is 37.7 Å². The molecule has 6 nitrogen and oxygen atoms in total. The van der Waals surface area contributed by atoms with Gasteiger partial charge in [-0.3, -0.25) is 4.79 Å². The summed E-state index contributed by atoms with van der Waals surface area (Å²) in [6, 6.07) is 9.88. The van der Waals surface area contributed by atoms with Gasteiger partial charge in [-0.05, 0) is 31.0 Å². The summed E-state index contributed by atoms with van der Waals surface area (Å²) in [7, 11) is 0. The number of aromatic amines is 1. The number of rotatable bonds is 4. The van der Waals surface area contributed by atoms with Crippen LogP contribution in [0.5, 0.6) is 5.75 Å². The van der Waals surface area contributed by atoms with Crippen molar-refractivity contribution in [1.82, 2.24) is 15.0 Å². The van der Waals surface area contributed by atoms with E-state index in [1.807, 2.05) is 41.4 Å². The number of benzene rings is 1. The van der Waals surface area contributed by atoms with Crippen molar-refractivity contribution in [2.24, 2.45) is 0 Å². The highest BCUT2D eigenvalue weighted by atomic mass is 16.5. The Morgan fingerprint density at radius 2 is 2.04 bits per heavy atom. The smallest absolute Gasteiger partial charge is 0.276 e. The summed E-state index contributed by atoms with van der Waals surface area (Å²) in [4.78, 5) is 17.7. The Kier molecular flexibility index (Phi) is 3.69. The van der Waals surface area contributed by atoms with Crippen molar-refractivity contribution >= 4 is 16.8 Å². The highest BCUT2D eigenvalue weighted by Gasteiger charge is 2.31. The maximum atomic E-state index is 12.6. The lowest BCUT2D eigenvalue weighted by Gasteiger charge is -2.31. The summed E-state index contributed by atoms with van der Waals surface area (Å²) in [5.41, 5.74) is 1.51. The van der Waals surface area contributed by atoms with Gasteiger partial charge in [-0.1, -0.05) is 11.2 Å². The summed E-state index contributed by atoms with van der Waals surface area (Å²) in [5.74, 6) is 2.19. The Hall–Kier alpha value is -2.76. The van der Waals surface area contributed by atoms with Gasteiger partial charge in [-0.25, -0.2) is 0 Å². The topological polar surface area (TPSA) is 71.4 Å².